The molecule has 2 rings (SSSR count). The summed E-state index contributed by atoms with van der Waals surface area (Å²) in [5.41, 5.74) is 1.31. The van der Waals surface area contributed by atoms with Crippen LogP contribution in [0.2, 0.25) is 5.15 Å². The second-order valence-corrected chi connectivity index (χ2v) is 5.81. The number of rotatable bonds is 3. The number of hydrogen-bond donors (Lipinski definition) is 2. The van der Waals surface area contributed by atoms with Gasteiger partial charge in [0, 0.05) is 0 Å². The molecule has 2 N–H and O–H groups in total. The van der Waals surface area contributed by atoms with E-state index in [-0.39, 0.29) is 11.8 Å². The molecular weight excluding hydrogens is 280 g/mol. The van der Waals surface area contributed by atoms with Gasteiger partial charge >= 0.3 is 5.97 Å². The fourth-order valence-electron chi connectivity index (χ4n) is 2.72. The highest BCUT2D eigenvalue weighted by molar-refractivity contribution is 6.30. The highest BCUT2D eigenvalue weighted by Gasteiger charge is 2.41. The van der Waals surface area contributed by atoms with Crippen molar-refractivity contribution < 1.29 is 14.7 Å². The van der Waals surface area contributed by atoms with Crippen LogP contribution >= 0.6 is 11.6 Å². The van der Waals surface area contributed by atoms with Gasteiger partial charge in [0.25, 0.3) is 0 Å². The Morgan fingerprint density at radius 2 is 2.05 bits per heavy atom. The summed E-state index contributed by atoms with van der Waals surface area (Å²) in [6.45, 7) is 3.76. The number of hydrogen-bond acceptors (Lipinski definition) is 3. The summed E-state index contributed by atoms with van der Waals surface area (Å²) >= 11 is 5.83. The maximum atomic E-state index is 12.2. The van der Waals surface area contributed by atoms with Crippen LogP contribution in [0.4, 0.5) is 5.69 Å². The topological polar surface area (TPSA) is 79.3 Å². The quantitative estimate of drug-likeness (QED) is 0.841. The molecule has 1 heterocycles. The standard InChI is InChI=1S/C14H17ClN2O3/c1-7-3-10(11(4-7)14(19)20)13(18)17-9-5-8(2)12(15)16-6-9/h5-7,10-11H,3-4H2,1-2H3,(H,17,18)(H,19,20)/t7?,10-,11+/m0/s1. The van der Waals surface area contributed by atoms with Gasteiger partial charge in [-0.1, -0.05) is 18.5 Å². The van der Waals surface area contributed by atoms with E-state index in [2.05, 4.69) is 10.3 Å². The van der Waals surface area contributed by atoms with Crippen molar-refractivity contribution in [1.82, 2.24) is 4.98 Å². The smallest absolute Gasteiger partial charge is 0.307 e. The van der Waals surface area contributed by atoms with E-state index in [0.717, 1.165) is 5.56 Å². The van der Waals surface area contributed by atoms with Crippen LogP contribution in [-0.2, 0) is 9.59 Å². The zero-order valence-electron chi connectivity index (χ0n) is 11.4. The van der Waals surface area contributed by atoms with Crippen molar-refractivity contribution in [3.63, 3.8) is 0 Å². The number of aryl methyl sites for hydroxylation is 1. The van der Waals surface area contributed by atoms with Crippen molar-refractivity contribution >= 4 is 29.2 Å². The Bertz CT molecular complexity index is 547. The van der Waals surface area contributed by atoms with Crippen molar-refractivity contribution in [3.05, 3.63) is 23.0 Å². The summed E-state index contributed by atoms with van der Waals surface area (Å²) in [5.74, 6) is -2.01. The average molecular weight is 297 g/mol. The maximum Gasteiger partial charge on any atom is 0.307 e. The fourth-order valence-corrected chi connectivity index (χ4v) is 2.82. The van der Waals surface area contributed by atoms with Crippen molar-refractivity contribution in [2.45, 2.75) is 26.7 Å². The Morgan fingerprint density at radius 1 is 1.40 bits per heavy atom. The minimum Gasteiger partial charge on any atom is -0.481 e. The fraction of sp³-hybridized carbons (Fsp3) is 0.500. The van der Waals surface area contributed by atoms with Crippen LogP contribution in [0.5, 0.6) is 0 Å². The molecule has 1 fully saturated rings. The summed E-state index contributed by atoms with van der Waals surface area (Å²) < 4.78 is 0. The number of carbonyl (C=O) groups excluding carboxylic acids is 1. The molecule has 0 bridgehead atoms. The number of nitrogens with one attached hydrogen (secondary N) is 1. The molecule has 1 aromatic heterocycles. The third kappa shape index (κ3) is 3.10. The summed E-state index contributed by atoms with van der Waals surface area (Å²) in [6, 6.07) is 1.72. The molecule has 1 aliphatic rings. The van der Waals surface area contributed by atoms with E-state index in [9.17, 15) is 14.7 Å². The predicted octanol–water partition coefficient (Wildman–Crippen LogP) is 2.73. The van der Waals surface area contributed by atoms with E-state index in [0.29, 0.717) is 23.7 Å². The first-order valence-corrected chi connectivity index (χ1v) is 6.92. The van der Waals surface area contributed by atoms with Crippen LogP contribution < -0.4 is 5.32 Å². The van der Waals surface area contributed by atoms with Gasteiger partial charge in [-0.05, 0) is 37.3 Å². The second kappa shape index (κ2) is 5.79. The minimum atomic E-state index is -0.903. The normalized spacial score (nSPS) is 25.4. The van der Waals surface area contributed by atoms with Crippen molar-refractivity contribution in [3.8, 4) is 0 Å². The molecule has 1 aliphatic carbocycles. The lowest BCUT2D eigenvalue weighted by molar-refractivity contribution is -0.145. The highest BCUT2D eigenvalue weighted by Crippen LogP contribution is 2.37. The Morgan fingerprint density at radius 3 is 2.65 bits per heavy atom. The van der Waals surface area contributed by atoms with Gasteiger partial charge in [0.2, 0.25) is 5.91 Å². The number of halogens is 1. The van der Waals surface area contributed by atoms with Crippen molar-refractivity contribution in [2.75, 3.05) is 5.32 Å². The zero-order valence-corrected chi connectivity index (χ0v) is 12.1. The molecule has 5 nitrogen and oxygen atoms in total. The third-order valence-corrected chi connectivity index (χ3v) is 4.13. The van der Waals surface area contributed by atoms with Crippen LogP contribution in [0.3, 0.4) is 0 Å². The Labute approximate surface area is 122 Å². The van der Waals surface area contributed by atoms with Gasteiger partial charge in [-0.2, -0.15) is 0 Å². The van der Waals surface area contributed by atoms with Crippen LogP contribution in [-0.4, -0.2) is 22.0 Å². The molecule has 6 heteroatoms. The van der Waals surface area contributed by atoms with Gasteiger partial charge < -0.3 is 10.4 Å². The first kappa shape index (κ1) is 14.8. The lowest BCUT2D eigenvalue weighted by Crippen LogP contribution is -2.30. The number of carboxylic acid groups (broad SMARTS) is 1. The Kier molecular flexibility index (Phi) is 4.28. The summed E-state index contributed by atoms with van der Waals surface area (Å²) in [7, 11) is 0. The first-order valence-electron chi connectivity index (χ1n) is 6.54. The molecule has 20 heavy (non-hydrogen) atoms. The molecule has 108 valence electrons. The van der Waals surface area contributed by atoms with Gasteiger partial charge in [-0.25, -0.2) is 4.98 Å². The van der Waals surface area contributed by atoms with Gasteiger partial charge in [0.05, 0.1) is 23.7 Å². The molecule has 0 radical (unpaired) electrons. The SMILES string of the molecule is Cc1cc(NC(=O)[C@H]2CC(C)C[C@H]2C(=O)O)cnc1Cl. The van der Waals surface area contributed by atoms with E-state index >= 15 is 0 Å². The number of aromatic nitrogens is 1. The molecule has 3 atom stereocenters. The Balaban J connectivity index is 2.11. The van der Waals surface area contributed by atoms with Gasteiger partial charge in [-0.15, -0.1) is 0 Å². The molecule has 0 aromatic carbocycles. The highest BCUT2D eigenvalue weighted by atomic mass is 35.5. The van der Waals surface area contributed by atoms with E-state index in [1.165, 1.54) is 6.20 Å². The number of anilines is 1. The number of nitrogens with zero attached hydrogens (tertiary/aromatic N) is 1. The number of carboxylic acids is 1. The van der Waals surface area contributed by atoms with Crippen LogP contribution in [0.15, 0.2) is 12.3 Å². The summed E-state index contributed by atoms with van der Waals surface area (Å²) in [4.78, 5) is 27.4. The van der Waals surface area contributed by atoms with Gasteiger partial charge in [0.15, 0.2) is 0 Å². The van der Waals surface area contributed by atoms with Crippen molar-refractivity contribution in [1.29, 1.82) is 0 Å². The summed E-state index contributed by atoms with van der Waals surface area (Å²) in [6.07, 6.45) is 2.62. The number of carbonyl (C=O) groups is 2. The van der Waals surface area contributed by atoms with Gasteiger partial charge in [-0.3, -0.25) is 9.59 Å². The monoisotopic (exact) mass is 296 g/mol. The van der Waals surface area contributed by atoms with E-state index in [1.807, 2.05) is 6.92 Å². The third-order valence-electron chi connectivity index (χ3n) is 3.73. The van der Waals surface area contributed by atoms with Crippen molar-refractivity contribution in [2.24, 2.45) is 17.8 Å². The lowest BCUT2D eigenvalue weighted by atomic mass is 9.95. The van der Waals surface area contributed by atoms with Crippen LogP contribution in [0, 0.1) is 24.7 Å². The molecular formula is C14H17ClN2O3. The largest absolute Gasteiger partial charge is 0.481 e. The molecule has 1 saturated carbocycles. The molecule has 0 saturated heterocycles. The minimum absolute atomic E-state index is 0.247. The number of pyridine rings is 1. The molecule has 1 unspecified atom stereocenters. The van der Waals surface area contributed by atoms with Crippen LogP contribution in [0.25, 0.3) is 0 Å². The number of aliphatic carboxylic acids is 1. The van der Waals surface area contributed by atoms with Gasteiger partial charge in [0.1, 0.15) is 5.15 Å². The predicted molar refractivity (Wildman–Crippen MR) is 75.6 cm³/mol. The van der Waals surface area contributed by atoms with E-state index in [1.54, 1.807) is 13.0 Å². The zero-order chi connectivity index (χ0) is 14.9. The second-order valence-electron chi connectivity index (χ2n) is 5.45. The lowest BCUT2D eigenvalue weighted by Gasteiger charge is -2.15. The molecule has 0 spiro atoms. The molecule has 1 aromatic rings. The Hall–Kier alpha value is -1.62. The molecule has 0 aliphatic heterocycles. The van der Waals surface area contributed by atoms with E-state index in [4.69, 9.17) is 11.6 Å². The van der Waals surface area contributed by atoms with Crippen LogP contribution in [0.1, 0.15) is 25.3 Å². The summed E-state index contributed by atoms with van der Waals surface area (Å²) in [5, 5.41) is 12.3. The maximum absolute atomic E-state index is 12.2. The average Bonchev–Trinajstić information content (AvgIpc) is 2.76. The van der Waals surface area contributed by atoms with E-state index < -0.39 is 17.8 Å². The number of amides is 1. The molecule has 1 amide bonds. The first-order chi connectivity index (χ1) is 9.38.